The van der Waals surface area contributed by atoms with Gasteiger partial charge in [-0.1, -0.05) is 42.5 Å². The summed E-state index contributed by atoms with van der Waals surface area (Å²) in [7, 11) is 0. The maximum absolute atomic E-state index is 13.3. The first kappa shape index (κ1) is 22.6. The molecule has 6 nitrogen and oxygen atoms in total. The molecule has 0 unspecified atom stereocenters. The molecule has 3 aromatic rings. The number of benzene rings is 2. The van der Waals surface area contributed by atoms with Gasteiger partial charge in [-0.05, 0) is 59.6 Å². The van der Waals surface area contributed by atoms with Gasteiger partial charge in [0.25, 0.3) is 0 Å². The van der Waals surface area contributed by atoms with Crippen molar-refractivity contribution in [3.63, 3.8) is 0 Å². The number of halogens is 1. The van der Waals surface area contributed by atoms with Gasteiger partial charge < -0.3 is 19.5 Å². The fourth-order valence-electron chi connectivity index (χ4n) is 3.11. The molecule has 1 heterocycles. The van der Waals surface area contributed by atoms with E-state index in [4.69, 9.17) is 4.42 Å². The number of amides is 3. The highest BCUT2D eigenvalue weighted by molar-refractivity contribution is 9.10. The van der Waals surface area contributed by atoms with Crippen molar-refractivity contribution in [1.82, 2.24) is 9.80 Å². The van der Waals surface area contributed by atoms with Crippen molar-refractivity contribution in [2.75, 3.05) is 11.9 Å². The molecule has 0 saturated carbocycles. The number of nitrogens with zero attached hydrogens (tertiary/aromatic N) is 2. The zero-order valence-electron chi connectivity index (χ0n) is 17.6. The van der Waals surface area contributed by atoms with Crippen molar-refractivity contribution in [2.45, 2.75) is 33.0 Å². The third-order valence-electron chi connectivity index (χ3n) is 4.80. The van der Waals surface area contributed by atoms with Gasteiger partial charge in [-0.2, -0.15) is 0 Å². The van der Waals surface area contributed by atoms with Crippen molar-refractivity contribution in [1.29, 1.82) is 0 Å². The smallest absolute Gasteiger partial charge is 0.322 e. The largest absolute Gasteiger partial charge is 0.467 e. The van der Waals surface area contributed by atoms with Crippen LogP contribution in [0.5, 0.6) is 0 Å². The normalized spacial score (nSPS) is 10.7. The van der Waals surface area contributed by atoms with Crippen LogP contribution >= 0.6 is 15.9 Å². The molecule has 0 aliphatic rings. The van der Waals surface area contributed by atoms with E-state index in [-0.39, 0.29) is 24.5 Å². The van der Waals surface area contributed by atoms with Crippen LogP contribution < -0.4 is 5.32 Å². The highest BCUT2D eigenvalue weighted by Crippen LogP contribution is 2.22. The molecule has 0 spiro atoms. The number of urea groups is 1. The molecular formula is C24H26BrN3O3. The molecule has 0 bridgehead atoms. The van der Waals surface area contributed by atoms with E-state index in [2.05, 4.69) is 21.2 Å². The molecule has 2 aromatic carbocycles. The Kier molecular flexibility index (Phi) is 7.89. The highest BCUT2D eigenvalue weighted by atomic mass is 79.9. The second-order valence-electron chi connectivity index (χ2n) is 7.45. The van der Waals surface area contributed by atoms with Gasteiger partial charge in [0.15, 0.2) is 0 Å². The Morgan fingerprint density at radius 3 is 2.32 bits per heavy atom. The van der Waals surface area contributed by atoms with Crippen LogP contribution in [0.3, 0.4) is 0 Å². The number of furan rings is 1. The van der Waals surface area contributed by atoms with E-state index in [1.807, 2.05) is 68.4 Å². The van der Waals surface area contributed by atoms with Crippen LogP contribution in [0, 0.1) is 0 Å². The summed E-state index contributed by atoms with van der Waals surface area (Å²) in [6.07, 6.45) is 1.59. The summed E-state index contributed by atoms with van der Waals surface area (Å²) in [5.74, 6) is 0.536. The number of carbonyl (C=O) groups excluding carboxylic acids is 2. The van der Waals surface area contributed by atoms with E-state index in [9.17, 15) is 9.59 Å². The summed E-state index contributed by atoms with van der Waals surface area (Å²) in [6, 6.07) is 20.3. The third-order valence-corrected chi connectivity index (χ3v) is 5.49. The maximum atomic E-state index is 13.3. The molecule has 0 atom stereocenters. The Labute approximate surface area is 191 Å². The first-order valence-electron chi connectivity index (χ1n) is 10.1. The van der Waals surface area contributed by atoms with Gasteiger partial charge in [0.1, 0.15) is 12.3 Å². The lowest BCUT2D eigenvalue weighted by Crippen LogP contribution is -2.47. The Hall–Kier alpha value is -3.06. The van der Waals surface area contributed by atoms with Crippen LogP contribution in [0.2, 0.25) is 0 Å². The van der Waals surface area contributed by atoms with E-state index in [0.717, 1.165) is 10.0 Å². The van der Waals surface area contributed by atoms with Crippen LogP contribution in [0.15, 0.2) is 81.9 Å². The van der Waals surface area contributed by atoms with Crippen LogP contribution in [0.25, 0.3) is 0 Å². The standard InChI is InChI=1S/C24H26BrN3O3/c1-18(2)28(24(30)26-22-13-7-6-12-21(22)25)17-23(29)27(16-20-11-8-14-31-20)15-19-9-4-3-5-10-19/h3-14,18H,15-17H2,1-2H3,(H,26,30). The van der Waals surface area contributed by atoms with Gasteiger partial charge in [0.2, 0.25) is 5.91 Å². The average Bonchev–Trinajstić information content (AvgIpc) is 3.26. The molecule has 31 heavy (non-hydrogen) atoms. The number of para-hydroxylation sites is 1. The van der Waals surface area contributed by atoms with Crippen molar-refractivity contribution < 1.29 is 14.0 Å². The van der Waals surface area contributed by atoms with Crippen LogP contribution in [-0.4, -0.2) is 34.3 Å². The lowest BCUT2D eigenvalue weighted by atomic mass is 10.2. The summed E-state index contributed by atoms with van der Waals surface area (Å²) in [4.78, 5) is 29.4. The first-order chi connectivity index (χ1) is 14.9. The van der Waals surface area contributed by atoms with E-state index in [0.29, 0.717) is 24.5 Å². The number of nitrogens with one attached hydrogen (secondary N) is 1. The van der Waals surface area contributed by atoms with E-state index in [1.165, 1.54) is 4.90 Å². The molecule has 162 valence electrons. The molecule has 0 aliphatic carbocycles. The van der Waals surface area contributed by atoms with Gasteiger partial charge in [-0.3, -0.25) is 4.79 Å². The first-order valence-corrected chi connectivity index (χ1v) is 10.9. The van der Waals surface area contributed by atoms with Gasteiger partial charge in [-0.25, -0.2) is 4.79 Å². The molecule has 0 aliphatic heterocycles. The minimum absolute atomic E-state index is 0.0402. The number of anilines is 1. The minimum Gasteiger partial charge on any atom is -0.467 e. The van der Waals surface area contributed by atoms with Crippen molar-refractivity contribution >= 4 is 33.6 Å². The van der Waals surface area contributed by atoms with E-state index >= 15 is 0 Å². The van der Waals surface area contributed by atoms with E-state index in [1.54, 1.807) is 23.3 Å². The summed E-state index contributed by atoms with van der Waals surface area (Å²) in [5.41, 5.74) is 1.67. The fraction of sp³-hybridized carbons (Fsp3) is 0.250. The lowest BCUT2D eigenvalue weighted by Gasteiger charge is -2.30. The quantitative estimate of drug-likeness (QED) is 0.458. The molecule has 1 aromatic heterocycles. The van der Waals surface area contributed by atoms with Crippen molar-refractivity contribution in [3.05, 3.63) is 88.8 Å². The van der Waals surface area contributed by atoms with Crippen LogP contribution in [-0.2, 0) is 17.9 Å². The summed E-state index contributed by atoms with van der Waals surface area (Å²) in [5, 5.41) is 2.88. The predicted octanol–water partition coefficient (Wildman–Crippen LogP) is 5.51. The average molecular weight is 484 g/mol. The van der Waals surface area contributed by atoms with Gasteiger partial charge in [0, 0.05) is 17.1 Å². The van der Waals surface area contributed by atoms with Crippen LogP contribution in [0.4, 0.5) is 10.5 Å². The maximum Gasteiger partial charge on any atom is 0.322 e. The van der Waals surface area contributed by atoms with E-state index < -0.39 is 0 Å². The minimum atomic E-state index is -0.326. The second-order valence-corrected chi connectivity index (χ2v) is 8.30. The summed E-state index contributed by atoms with van der Waals surface area (Å²) >= 11 is 3.44. The Bertz CT molecular complexity index is 990. The Morgan fingerprint density at radius 1 is 0.968 bits per heavy atom. The van der Waals surface area contributed by atoms with Gasteiger partial charge in [0.05, 0.1) is 18.5 Å². The molecule has 0 fully saturated rings. The number of hydrogen-bond donors (Lipinski definition) is 1. The molecule has 0 radical (unpaired) electrons. The lowest BCUT2D eigenvalue weighted by molar-refractivity contribution is -0.133. The highest BCUT2D eigenvalue weighted by Gasteiger charge is 2.24. The summed E-state index contributed by atoms with van der Waals surface area (Å²) in [6.45, 7) is 4.50. The van der Waals surface area contributed by atoms with Crippen molar-refractivity contribution in [2.24, 2.45) is 0 Å². The third kappa shape index (κ3) is 6.46. The second kappa shape index (κ2) is 10.8. The number of carbonyl (C=O) groups is 2. The Morgan fingerprint density at radius 2 is 1.68 bits per heavy atom. The molecule has 3 amide bonds. The zero-order chi connectivity index (χ0) is 22.2. The molecular weight excluding hydrogens is 458 g/mol. The van der Waals surface area contributed by atoms with Crippen LogP contribution in [0.1, 0.15) is 25.2 Å². The van der Waals surface area contributed by atoms with Gasteiger partial charge in [-0.15, -0.1) is 0 Å². The zero-order valence-corrected chi connectivity index (χ0v) is 19.2. The van der Waals surface area contributed by atoms with Gasteiger partial charge >= 0.3 is 6.03 Å². The molecule has 1 N–H and O–H groups in total. The molecule has 7 heteroatoms. The molecule has 0 saturated heterocycles. The number of hydrogen-bond acceptors (Lipinski definition) is 3. The predicted molar refractivity (Wildman–Crippen MR) is 124 cm³/mol. The monoisotopic (exact) mass is 483 g/mol. The molecule has 3 rings (SSSR count). The van der Waals surface area contributed by atoms with Crippen molar-refractivity contribution in [3.8, 4) is 0 Å². The number of rotatable bonds is 8. The summed E-state index contributed by atoms with van der Waals surface area (Å²) < 4.78 is 6.23. The topological polar surface area (TPSA) is 65.8 Å². The SMILES string of the molecule is CC(C)N(CC(=O)N(Cc1ccccc1)Cc1ccco1)C(=O)Nc1ccccc1Br. The Balaban J connectivity index is 1.74. The fourth-order valence-corrected chi connectivity index (χ4v) is 3.49.